The van der Waals surface area contributed by atoms with Gasteiger partial charge in [-0.3, -0.25) is 0 Å². The van der Waals surface area contributed by atoms with Crippen molar-refractivity contribution < 1.29 is 0 Å². The van der Waals surface area contributed by atoms with E-state index in [4.69, 9.17) is 0 Å². The average molecular weight is 318 g/mol. The summed E-state index contributed by atoms with van der Waals surface area (Å²) in [5.41, 5.74) is 3.25. The fraction of sp³-hybridized carbons (Fsp3) is 0.500. The molecular formula is C12H14Br2. The molecule has 76 valence electrons. The first kappa shape index (κ1) is 10.7. The molecule has 1 aliphatic carbocycles. The van der Waals surface area contributed by atoms with Crippen molar-refractivity contribution in [2.24, 2.45) is 5.92 Å². The molecule has 0 nitrogen and oxygen atoms in total. The number of halogens is 2. The Balaban J connectivity index is 2.26. The molecule has 1 aromatic rings. The van der Waals surface area contributed by atoms with Gasteiger partial charge in [0.05, 0.1) is 0 Å². The molecular weight excluding hydrogens is 304 g/mol. The summed E-state index contributed by atoms with van der Waals surface area (Å²) in [6.07, 6.45) is 1.31. The first-order chi connectivity index (χ1) is 6.73. The van der Waals surface area contributed by atoms with E-state index in [1.165, 1.54) is 17.5 Å². The molecule has 2 heteroatoms. The van der Waals surface area contributed by atoms with Crippen LogP contribution in [0, 0.1) is 12.8 Å². The summed E-state index contributed by atoms with van der Waals surface area (Å²) in [7, 11) is 0. The molecule has 1 fully saturated rings. The quantitative estimate of drug-likeness (QED) is 0.738. The Morgan fingerprint density at radius 1 is 1.29 bits per heavy atom. The van der Waals surface area contributed by atoms with Crippen LogP contribution in [0.2, 0.25) is 0 Å². The molecule has 1 saturated carbocycles. The Hall–Kier alpha value is 0.180. The zero-order chi connectivity index (χ0) is 10.2. The van der Waals surface area contributed by atoms with Gasteiger partial charge in [-0.05, 0) is 24.8 Å². The van der Waals surface area contributed by atoms with Crippen molar-refractivity contribution >= 4 is 31.9 Å². The van der Waals surface area contributed by atoms with Crippen LogP contribution in [0.25, 0.3) is 0 Å². The lowest BCUT2D eigenvalue weighted by Gasteiger charge is -2.14. The number of hydrogen-bond acceptors (Lipinski definition) is 0. The Kier molecular flexibility index (Phi) is 3.03. The van der Waals surface area contributed by atoms with Gasteiger partial charge in [-0.1, -0.05) is 61.7 Å². The number of aryl methyl sites for hydroxylation is 1. The standard InChI is InChI=1S/C12H14Br2/c1-9-2-4-10(5-3-9)12(8-14)6-11(12)7-13/h2-5,11H,6-8H2,1H3. The summed E-state index contributed by atoms with van der Waals surface area (Å²) < 4.78 is 0. The predicted molar refractivity (Wildman–Crippen MR) is 68.6 cm³/mol. The zero-order valence-corrected chi connectivity index (χ0v) is 11.4. The second-order valence-electron chi connectivity index (χ2n) is 4.21. The molecule has 14 heavy (non-hydrogen) atoms. The van der Waals surface area contributed by atoms with E-state index in [-0.39, 0.29) is 0 Å². The van der Waals surface area contributed by atoms with Gasteiger partial charge in [0.1, 0.15) is 0 Å². The average Bonchev–Trinajstić information content (AvgIpc) is 2.94. The molecule has 0 saturated heterocycles. The molecule has 0 N–H and O–H groups in total. The lowest BCUT2D eigenvalue weighted by atomic mass is 9.95. The Labute approximate surface area is 102 Å². The summed E-state index contributed by atoms with van der Waals surface area (Å²) in [5.74, 6) is 0.810. The molecule has 1 aliphatic rings. The van der Waals surface area contributed by atoms with E-state index in [0.717, 1.165) is 16.6 Å². The van der Waals surface area contributed by atoms with Crippen LogP contribution in [-0.2, 0) is 5.41 Å². The van der Waals surface area contributed by atoms with Gasteiger partial charge in [0.25, 0.3) is 0 Å². The van der Waals surface area contributed by atoms with E-state index in [1.54, 1.807) is 0 Å². The summed E-state index contributed by atoms with van der Waals surface area (Å²) in [5, 5.41) is 2.20. The maximum atomic E-state index is 3.65. The van der Waals surface area contributed by atoms with E-state index >= 15 is 0 Å². The second-order valence-corrected chi connectivity index (χ2v) is 5.42. The highest BCUT2D eigenvalue weighted by atomic mass is 79.9. The minimum atomic E-state index is 0.414. The second kappa shape index (κ2) is 3.97. The van der Waals surface area contributed by atoms with Crippen LogP contribution in [-0.4, -0.2) is 10.7 Å². The van der Waals surface area contributed by atoms with Crippen LogP contribution < -0.4 is 0 Å². The first-order valence-corrected chi connectivity index (χ1v) is 7.16. The highest BCUT2D eigenvalue weighted by Gasteiger charge is 2.53. The van der Waals surface area contributed by atoms with E-state index in [2.05, 4.69) is 63.0 Å². The van der Waals surface area contributed by atoms with E-state index < -0.39 is 0 Å². The van der Waals surface area contributed by atoms with Crippen LogP contribution in [0.3, 0.4) is 0 Å². The summed E-state index contributed by atoms with van der Waals surface area (Å²) in [4.78, 5) is 0. The third-order valence-corrected chi connectivity index (χ3v) is 5.07. The minimum absolute atomic E-state index is 0.414. The summed E-state index contributed by atoms with van der Waals surface area (Å²) in [6.45, 7) is 2.14. The van der Waals surface area contributed by atoms with Crippen molar-refractivity contribution in [1.82, 2.24) is 0 Å². The highest BCUT2D eigenvalue weighted by molar-refractivity contribution is 9.09. The number of alkyl halides is 2. The van der Waals surface area contributed by atoms with Gasteiger partial charge in [0, 0.05) is 16.1 Å². The van der Waals surface area contributed by atoms with Gasteiger partial charge in [-0.15, -0.1) is 0 Å². The fourth-order valence-corrected chi connectivity index (χ4v) is 3.92. The molecule has 1 aromatic carbocycles. The van der Waals surface area contributed by atoms with Gasteiger partial charge < -0.3 is 0 Å². The topological polar surface area (TPSA) is 0 Å². The predicted octanol–water partition coefficient (Wildman–Crippen LogP) is 4.04. The van der Waals surface area contributed by atoms with E-state index in [0.29, 0.717) is 5.41 Å². The normalized spacial score (nSPS) is 30.4. The smallest absolute Gasteiger partial charge is 0.0132 e. The minimum Gasteiger partial charge on any atom is -0.0925 e. The van der Waals surface area contributed by atoms with Crippen molar-refractivity contribution in [3.8, 4) is 0 Å². The van der Waals surface area contributed by atoms with Crippen LogP contribution in [0.4, 0.5) is 0 Å². The van der Waals surface area contributed by atoms with Crippen molar-refractivity contribution in [2.75, 3.05) is 10.7 Å². The summed E-state index contributed by atoms with van der Waals surface area (Å²) >= 11 is 7.23. The van der Waals surface area contributed by atoms with Crippen molar-refractivity contribution in [3.05, 3.63) is 35.4 Å². The van der Waals surface area contributed by atoms with Crippen LogP contribution in [0.15, 0.2) is 24.3 Å². The largest absolute Gasteiger partial charge is 0.0925 e. The molecule has 0 aliphatic heterocycles. The first-order valence-electron chi connectivity index (χ1n) is 4.92. The Bertz CT molecular complexity index is 318. The molecule has 0 amide bonds. The molecule has 2 atom stereocenters. The highest BCUT2D eigenvalue weighted by Crippen LogP contribution is 2.56. The van der Waals surface area contributed by atoms with Gasteiger partial charge in [-0.25, -0.2) is 0 Å². The molecule has 2 unspecified atom stereocenters. The fourth-order valence-electron chi connectivity index (χ4n) is 2.06. The van der Waals surface area contributed by atoms with Crippen molar-refractivity contribution in [2.45, 2.75) is 18.8 Å². The number of benzene rings is 1. The lowest BCUT2D eigenvalue weighted by Crippen LogP contribution is -2.12. The molecule has 0 spiro atoms. The Morgan fingerprint density at radius 2 is 1.93 bits per heavy atom. The maximum Gasteiger partial charge on any atom is 0.0132 e. The van der Waals surface area contributed by atoms with Crippen LogP contribution >= 0.6 is 31.9 Å². The Morgan fingerprint density at radius 3 is 2.36 bits per heavy atom. The molecule has 2 rings (SSSR count). The van der Waals surface area contributed by atoms with Crippen molar-refractivity contribution in [3.63, 3.8) is 0 Å². The molecule has 0 radical (unpaired) electrons. The van der Waals surface area contributed by atoms with Crippen molar-refractivity contribution in [1.29, 1.82) is 0 Å². The SMILES string of the molecule is Cc1ccc(C2(CBr)CC2CBr)cc1. The third-order valence-electron chi connectivity index (χ3n) is 3.28. The van der Waals surface area contributed by atoms with Gasteiger partial charge in [-0.2, -0.15) is 0 Å². The lowest BCUT2D eigenvalue weighted by molar-refractivity contribution is 0.727. The summed E-state index contributed by atoms with van der Waals surface area (Å²) in [6, 6.07) is 8.98. The number of hydrogen-bond donors (Lipinski definition) is 0. The molecule has 0 bridgehead atoms. The van der Waals surface area contributed by atoms with E-state index in [1.807, 2.05) is 0 Å². The van der Waals surface area contributed by atoms with Gasteiger partial charge in [0.2, 0.25) is 0 Å². The number of rotatable bonds is 3. The molecule has 0 aromatic heterocycles. The van der Waals surface area contributed by atoms with Gasteiger partial charge in [0.15, 0.2) is 0 Å². The monoisotopic (exact) mass is 316 g/mol. The van der Waals surface area contributed by atoms with Crippen LogP contribution in [0.1, 0.15) is 17.5 Å². The zero-order valence-electron chi connectivity index (χ0n) is 8.26. The van der Waals surface area contributed by atoms with Crippen LogP contribution in [0.5, 0.6) is 0 Å². The van der Waals surface area contributed by atoms with Gasteiger partial charge >= 0.3 is 0 Å². The molecule has 0 heterocycles. The third kappa shape index (κ3) is 1.67. The van der Waals surface area contributed by atoms with E-state index in [9.17, 15) is 0 Å². The maximum absolute atomic E-state index is 3.65.